The van der Waals surface area contributed by atoms with Crippen molar-refractivity contribution in [3.05, 3.63) is 77.9 Å². The fourth-order valence-corrected chi connectivity index (χ4v) is 2.06. The number of aryl methyl sites for hydroxylation is 1. The normalized spacial score (nSPS) is 10.1. The molecule has 0 atom stereocenters. The Balaban J connectivity index is 2.44. The second-order valence-electron chi connectivity index (χ2n) is 4.95. The molecule has 25 heavy (non-hydrogen) atoms. The average Bonchev–Trinajstić information content (AvgIpc) is 2.55. The molecule has 0 saturated carbocycles. The number of carbonyl (C=O) groups is 1. The van der Waals surface area contributed by atoms with E-state index in [1.165, 1.54) is 18.2 Å². The molecule has 11 heteroatoms. The third kappa shape index (κ3) is 3.72. The van der Waals surface area contributed by atoms with E-state index >= 15 is 0 Å². The summed E-state index contributed by atoms with van der Waals surface area (Å²) in [6.07, 6.45) is 0. The number of rotatable bonds is 5. The van der Waals surface area contributed by atoms with Crippen molar-refractivity contribution in [2.24, 2.45) is 0 Å². The van der Waals surface area contributed by atoms with E-state index in [0.29, 0.717) is 11.6 Å². The van der Waals surface area contributed by atoms with Gasteiger partial charge >= 0.3 is 0 Å². The predicted molar refractivity (Wildman–Crippen MR) is 85.5 cm³/mol. The minimum Gasteiger partial charge on any atom is -0.316 e. The highest BCUT2D eigenvalue weighted by Gasteiger charge is 2.25. The van der Waals surface area contributed by atoms with E-state index in [-0.39, 0.29) is 11.4 Å². The quantitative estimate of drug-likeness (QED) is 0.643. The number of benzene rings is 2. The number of carbonyl (C=O) groups excluding carboxylic acids is 1. The number of hydrogen-bond donors (Lipinski definition) is 1. The van der Waals surface area contributed by atoms with Gasteiger partial charge in [0.1, 0.15) is 11.3 Å². The molecule has 0 fully saturated rings. The molecule has 0 radical (unpaired) electrons. The van der Waals surface area contributed by atoms with Crippen molar-refractivity contribution in [1.29, 1.82) is 0 Å². The van der Waals surface area contributed by atoms with Gasteiger partial charge in [-0.2, -0.15) is 0 Å². The van der Waals surface area contributed by atoms with Gasteiger partial charge in [-0.25, -0.2) is 0 Å². The zero-order valence-electron chi connectivity index (χ0n) is 12.7. The van der Waals surface area contributed by atoms with Crippen LogP contribution in [0.1, 0.15) is 15.9 Å². The number of amides is 1. The van der Waals surface area contributed by atoms with Crippen LogP contribution in [0.4, 0.5) is 22.7 Å². The van der Waals surface area contributed by atoms with Gasteiger partial charge in [0, 0.05) is 12.1 Å². The molecule has 0 spiro atoms. The summed E-state index contributed by atoms with van der Waals surface area (Å²) in [6, 6.07) is 6.56. The largest absolute Gasteiger partial charge is 0.316 e. The first-order valence-electron chi connectivity index (χ1n) is 6.70. The van der Waals surface area contributed by atoms with Gasteiger partial charge in [0.15, 0.2) is 0 Å². The van der Waals surface area contributed by atoms with Crippen molar-refractivity contribution in [3.63, 3.8) is 0 Å². The Morgan fingerprint density at radius 2 is 1.52 bits per heavy atom. The summed E-state index contributed by atoms with van der Waals surface area (Å²) in [6.45, 7) is 1.62. The van der Waals surface area contributed by atoms with Gasteiger partial charge in [0.25, 0.3) is 23.0 Å². The molecule has 0 aromatic heterocycles. The van der Waals surface area contributed by atoms with E-state index in [2.05, 4.69) is 5.32 Å². The number of anilines is 1. The van der Waals surface area contributed by atoms with Crippen molar-refractivity contribution in [3.8, 4) is 0 Å². The Bertz CT molecular complexity index is 910. The molecule has 2 aromatic carbocycles. The number of nitrogens with one attached hydrogen (secondary N) is 1. The van der Waals surface area contributed by atoms with Crippen LogP contribution in [0.5, 0.6) is 0 Å². The van der Waals surface area contributed by atoms with Crippen molar-refractivity contribution < 1.29 is 19.6 Å². The Morgan fingerprint density at radius 3 is 2.08 bits per heavy atom. The first-order chi connectivity index (χ1) is 11.7. The zero-order chi connectivity index (χ0) is 18.7. The summed E-state index contributed by atoms with van der Waals surface area (Å²) in [5.41, 5.74) is -1.71. The molecular formula is C14H10N4O7. The Kier molecular flexibility index (Phi) is 4.68. The molecular weight excluding hydrogens is 336 g/mol. The maximum atomic E-state index is 12.3. The van der Waals surface area contributed by atoms with Gasteiger partial charge in [-0.1, -0.05) is 6.07 Å². The molecule has 0 saturated heterocycles. The highest BCUT2D eigenvalue weighted by Crippen LogP contribution is 2.29. The van der Waals surface area contributed by atoms with Gasteiger partial charge in [0.05, 0.1) is 20.8 Å². The van der Waals surface area contributed by atoms with Crippen LogP contribution in [-0.4, -0.2) is 20.7 Å². The number of nitro benzene ring substituents is 3. The van der Waals surface area contributed by atoms with Crippen LogP contribution in [-0.2, 0) is 0 Å². The highest BCUT2D eigenvalue weighted by atomic mass is 16.6. The summed E-state index contributed by atoms with van der Waals surface area (Å²) in [5.74, 6) is -0.992. The first-order valence-corrected chi connectivity index (χ1v) is 6.70. The van der Waals surface area contributed by atoms with Crippen molar-refractivity contribution in [2.75, 3.05) is 5.32 Å². The summed E-state index contributed by atoms with van der Waals surface area (Å²) in [5, 5.41) is 35.1. The molecule has 0 heterocycles. The number of non-ortho nitro benzene ring substituents is 1. The molecule has 11 nitrogen and oxygen atoms in total. The fraction of sp³-hybridized carbons (Fsp3) is 0.0714. The van der Waals surface area contributed by atoms with Crippen LogP contribution in [0.15, 0.2) is 36.4 Å². The number of nitrogens with zero attached hydrogens (tertiary/aromatic N) is 3. The van der Waals surface area contributed by atoms with Gasteiger partial charge in [0.2, 0.25) is 0 Å². The second kappa shape index (κ2) is 6.70. The van der Waals surface area contributed by atoms with Crippen molar-refractivity contribution in [2.45, 2.75) is 6.92 Å². The highest BCUT2D eigenvalue weighted by molar-refractivity contribution is 6.08. The Labute approximate surface area is 139 Å². The summed E-state index contributed by atoms with van der Waals surface area (Å²) >= 11 is 0. The van der Waals surface area contributed by atoms with Gasteiger partial charge in [-0.05, 0) is 24.6 Å². The van der Waals surface area contributed by atoms with E-state index in [4.69, 9.17) is 0 Å². The molecule has 2 rings (SSSR count). The molecule has 0 aliphatic heterocycles. The van der Waals surface area contributed by atoms with Crippen LogP contribution in [0, 0.1) is 37.3 Å². The molecule has 2 aromatic rings. The van der Waals surface area contributed by atoms with Gasteiger partial charge < -0.3 is 5.32 Å². The molecule has 0 unspecified atom stereocenters. The average molecular weight is 346 g/mol. The van der Waals surface area contributed by atoms with Gasteiger partial charge in [-0.3, -0.25) is 35.1 Å². The van der Waals surface area contributed by atoms with Crippen molar-refractivity contribution >= 4 is 28.7 Å². The number of nitro groups is 3. The van der Waals surface area contributed by atoms with Crippen LogP contribution in [0.25, 0.3) is 0 Å². The monoisotopic (exact) mass is 346 g/mol. The standard InChI is InChI=1S/C14H10N4O7/c1-8-2-5-11(13(6-8)18(24)25)15-14(19)10-4-3-9(16(20)21)7-12(10)17(22)23/h2-7H,1H3,(H,15,19). The van der Waals surface area contributed by atoms with E-state index < -0.39 is 37.6 Å². The topological polar surface area (TPSA) is 159 Å². The second-order valence-corrected chi connectivity index (χ2v) is 4.95. The minimum atomic E-state index is -0.992. The van der Waals surface area contributed by atoms with Gasteiger partial charge in [-0.15, -0.1) is 0 Å². The number of hydrogen-bond acceptors (Lipinski definition) is 7. The van der Waals surface area contributed by atoms with Crippen LogP contribution in [0.3, 0.4) is 0 Å². The summed E-state index contributed by atoms with van der Waals surface area (Å²) in [7, 11) is 0. The predicted octanol–water partition coefficient (Wildman–Crippen LogP) is 2.97. The Hall–Kier alpha value is -3.89. The van der Waals surface area contributed by atoms with Crippen LogP contribution in [0.2, 0.25) is 0 Å². The van der Waals surface area contributed by atoms with Crippen LogP contribution < -0.4 is 5.32 Å². The maximum Gasteiger partial charge on any atom is 0.293 e. The molecule has 0 aliphatic rings. The Morgan fingerprint density at radius 1 is 0.880 bits per heavy atom. The molecule has 0 aliphatic carbocycles. The zero-order valence-corrected chi connectivity index (χ0v) is 12.7. The summed E-state index contributed by atoms with van der Waals surface area (Å²) in [4.78, 5) is 42.6. The van der Waals surface area contributed by atoms with Crippen molar-refractivity contribution in [1.82, 2.24) is 0 Å². The van der Waals surface area contributed by atoms with E-state index in [0.717, 1.165) is 12.1 Å². The van der Waals surface area contributed by atoms with E-state index in [1.807, 2.05) is 0 Å². The SMILES string of the molecule is Cc1ccc(NC(=O)c2ccc([N+](=O)[O-])cc2[N+](=O)[O-])c([N+](=O)[O-])c1. The smallest absolute Gasteiger partial charge is 0.293 e. The molecule has 1 N–H and O–H groups in total. The lowest BCUT2D eigenvalue weighted by Gasteiger charge is -2.07. The third-order valence-corrected chi connectivity index (χ3v) is 3.23. The minimum absolute atomic E-state index is 0.145. The fourth-order valence-electron chi connectivity index (χ4n) is 2.06. The van der Waals surface area contributed by atoms with Crippen LogP contribution >= 0.6 is 0 Å². The van der Waals surface area contributed by atoms with E-state index in [1.54, 1.807) is 6.92 Å². The summed E-state index contributed by atoms with van der Waals surface area (Å²) < 4.78 is 0. The first kappa shape index (κ1) is 17.5. The maximum absolute atomic E-state index is 12.3. The van der Waals surface area contributed by atoms with E-state index in [9.17, 15) is 35.1 Å². The molecule has 0 bridgehead atoms. The molecule has 1 amide bonds. The lowest BCUT2D eigenvalue weighted by Crippen LogP contribution is -2.15. The molecule has 128 valence electrons. The third-order valence-electron chi connectivity index (χ3n) is 3.23. The lowest BCUT2D eigenvalue weighted by atomic mass is 10.1. The lowest BCUT2D eigenvalue weighted by molar-refractivity contribution is -0.394.